The minimum absolute atomic E-state index is 0.0880. The van der Waals surface area contributed by atoms with Crippen molar-refractivity contribution in [1.29, 1.82) is 5.26 Å². The predicted molar refractivity (Wildman–Crippen MR) is 48.6 cm³/mol. The molecule has 1 aromatic rings. The normalized spacial score (nSPS) is 12.0. The lowest BCUT2D eigenvalue weighted by Crippen LogP contribution is -2.26. The number of hydrogen-bond donors (Lipinski definition) is 1. The Morgan fingerprint density at radius 2 is 2.54 bits per heavy atom. The molecule has 1 atom stereocenters. The van der Waals surface area contributed by atoms with Crippen molar-refractivity contribution in [3.8, 4) is 6.07 Å². The quantitative estimate of drug-likeness (QED) is 0.739. The Morgan fingerprint density at radius 3 is 3.08 bits per heavy atom. The second-order valence-corrected chi connectivity index (χ2v) is 2.67. The lowest BCUT2D eigenvalue weighted by molar-refractivity contribution is 0.579. The molecule has 1 rings (SSSR count). The number of hydrogen-bond acceptors (Lipinski definition) is 4. The van der Waals surface area contributed by atoms with E-state index in [1.54, 1.807) is 6.20 Å². The molecule has 4 nitrogen and oxygen atoms in total. The summed E-state index contributed by atoms with van der Waals surface area (Å²) in [6.07, 6.45) is 4.00. The van der Waals surface area contributed by atoms with Gasteiger partial charge in [-0.3, -0.25) is 5.32 Å². The van der Waals surface area contributed by atoms with E-state index in [2.05, 4.69) is 21.4 Å². The highest BCUT2D eigenvalue weighted by Crippen LogP contribution is 1.93. The molecule has 13 heavy (non-hydrogen) atoms. The summed E-state index contributed by atoms with van der Waals surface area (Å²) in [5, 5.41) is 11.7. The van der Waals surface area contributed by atoms with Gasteiger partial charge < -0.3 is 0 Å². The molecule has 1 aromatic heterocycles. The van der Waals surface area contributed by atoms with Crippen molar-refractivity contribution in [1.82, 2.24) is 15.3 Å². The van der Waals surface area contributed by atoms with Gasteiger partial charge in [0.1, 0.15) is 6.33 Å². The van der Waals surface area contributed by atoms with E-state index < -0.39 is 0 Å². The van der Waals surface area contributed by atoms with Gasteiger partial charge in [-0.15, -0.1) is 0 Å². The molecule has 1 N–H and O–H groups in total. The molecule has 4 heteroatoms. The SMILES string of the molecule is CCC(C#N)NCc1ccncn1. The Balaban J connectivity index is 2.40. The van der Waals surface area contributed by atoms with Crippen LogP contribution in [0.25, 0.3) is 0 Å². The fourth-order valence-electron chi connectivity index (χ4n) is 0.932. The third kappa shape index (κ3) is 3.18. The molecule has 0 saturated carbocycles. The van der Waals surface area contributed by atoms with E-state index in [9.17, 15) is 0 Å². The van der Waals surface area contributed by atoms with Crippen LogP contribution in [0.2, 0.25) is 0 Å². The maximum absolute atomic E-state index is 8.66. The van der Waals surface area contributed by atoms with Crippen molar-refractivity contribution in [2.75, 3.05) is 0 Å². The summed E-state index contributed by atoms with van der Waals surface area (Å²) in [6.45, 7) is 2.59. The molecule has 0 aliphatic heterocycles. The number of rotatable bonds is 4. The lowest BCUT2D eigenvalue weighted by Gasteiger charge is -2.07. The van der Waals surface area contributed by atoms with Crippen LogP contribution in [0.4, 0.5) is 0 Å². The first-order valence-electron chi connectivity index (χ1n) is 4.24. The Hall–Kier alpha value is -1.47. The molecule has 0 spiro atoms. The Kier molecular flexibility index (Phi) is 3.86. The van der Waals surface area contributed by atoms with E-state index in [1.807, 2.05) is 13.0 Å². The van der Waals surface area contributed by atoms with Crippen molar-refractivity contribution in [2.45, 2.75) is 25.9 Å². The Bertz CT molecular complexity index is 277. The van der Waals surface area contributed by atoms with Gasteiger partial charge in [0.2, 0.25) is 0 Å². The zero-order valence-electron chi connectivity index (χ0n) is 7.57. The van der Waals surface area contributed by atoms with Gasteiger partial charge in [0.25, 0.3) is 0 Å². The Morgan fingerprint density at radius 1 is 1.69 bits per heavy atom. The van der Waals surface area contributed by atoms with E-state index in [0.29, 0.717) is 6.54 Å². The van der Waals surface area contributed by atoms with Gasteiger partial charge >= 0.3 is 0 Å². The summed E-state index contributed by atoms with van der Waals surface area (Å²) >= 11 is 0. The molecule has 0 fully saturated rings. The summed E-state index contributed by atoms with van der Waals surface area (Å²) in [5.74, 6) is 0. The fraction of sp³-hybridized carbons (Fsp3) is 0.444. The largest absolute Gasteiger partial charge is 0.296 e. The molecule has 0 aromatic carbocycles. The van der Waals surface area contributed by atoms with Gasteiger partial charge in [0, 0.05) is 12.7 Å². The highest BCUT2D eigenvalue weighted by Gasteiger charge is 2.02. The van der Waals surface area contributed by atoms with Gasteiger partial charge in [0.05, 0.1) is 17.8 Å². The molecular formula is C9H12N4. The summed E-state index contributed by atoms with van der Waals surface area (Å²) in [6, 6.07) is 3.91. The molecule has 0 radical (unpaired) electrons. The van der Waals surface area contributed by atoms with Crippen LogP contribution in [-0.2, 0) is 6.54 Å². The summed E-state index contributed by atoms with van der Waals surface area (Å²) in [4.78, 5) is 7.85. The first-order valence-corrected chi connectivity index (χ1v) is 4.24. The number of nitriles is 1. The van der Waals surface area contributed by atoms with E-state index >= 15 is 0 Å². The lowest BCUT2D eigenvalue weighted by atomic mass is 10.2. The van der Waals surface area contributed by atoms with Crippen molar-refractivity contribution in [3.63, 3.8) is 0 Å². The zero-order chi connectivity index (χ0) is 9.52. The van der Waals surface area contributed by atoms with E-state index in [0.717, 1.165) is 12.1 Å². The average molecular weight is 176 g/mol. The summed E-state index contributed by atoms with van der Waals surface area (Å²) in [5.41, 5.74) is 0.906. The van der Waals surface area contributed by atoms with Gasteiger partial charge in [0.15, 0.2) is 0 Å². The van der Waals surface area contributed by atoms with E-state index in [4.69, 9.17) is 5.26 Å². The molecule has 0 saturated heterocycles. The van der Waals surface area contributed by atoms with E-state index in [-0.39, 0.29) is 6.04 Å². The van der Waals surface area contributed by atoms with Crippen LogP contribution in [0.3, 0.4) is 0 Å². The van der Waals surface area contributed by atoms with Crippen molar-refractivity contribution in [2.24, 2.45) is 0 Å². The highest BCUT2D eigenvalue weighted by atomic mass is 14.9. The number of aromatic nitrogens is 2. The predicted octanol–water partition coefficient (Wildman–Crippen LogP) is 0.868. The van der Waals surface area contributed by atoms with Gasteiger partial charge in [-0.05, 0) is 12.5 Å². The smallest absolute Gasteiger partial charge is 0.115 e. The van der Waals surface area contributed by atoms with Gasteiger partial charge in [-0.1, -0.05) is 6.92 Å². The highest BCUT2D eigenvalue weighted by molar-refractivity contribution is 4.99. The van der Waals surface area contributed by atoms with Crippen LogP contribution in [0.1, 0.15) is 19.0 Å². The van der Waals surface area contributed by atoms with Crippen LogP contribution in [0, 0.1) is 11.3 Å². The molecule has 0 amide bonds. The first kappa shape index (κ1) is 9.62. The third-order valence-electron chi connectivity index (χ3n) is 1.74. The molecule has 0 aliphatic rings. The summed E-state index contributed by atoms with van der Waals surface area (Å²) < 4.78 is 0. The minimum Gasteiger partial charge on any atom is -0.296 e. The van der Waals surface area contributed by atoms with Crippen molar-refractivity contribution >= 4 is 0 Å². The van der Waals surface area contributed by atoms with E-state index in [1.165, 1.54) is 6.33 Å². The van der Waals surface area contributed by atoms with Crippen molar-refractivity contribution in [3.05, 3.63) is 24.3 Å². The van der Waals surface area contributed by atoms with Crippen LogP contribution in [-0.4, -0.2) is 16.0 Å². The van der Waals surface area contributed by atoms with Crippen LogP contribution >= 0.6 is 0 Å². The average Bonchev–Trinajstić information content (AvgIpc) is 2.21. The molecule has 0 aliphatic carbocycles. The maximum Gasteiger partial charge on any atom is 0.115 e. The molecular weight excluding hydrogens is 164 g/mol. The number of nitrogens with one attached hydrogen (secondary N) is 1. The maximum atomic E-state index is 8.66. The number of nitrogens with zero attached hydrogens (tertiary/aromatic N) is 3. The molecule has 0 bridgehead atoms. The second-order valence-electron chi connectivity index (χ2n) is 2.67. The van der Waals surface area contributed by atoms with Crippen LogP contribution in [0.5, 0.6) is 0 Å². The minimum atomic E-state index is -0.0880. The molecule has 1 unspecified atom stereocenters. The standard InChI is InChI=1S/C9H12N4/c1-2-8(5-10)12-6-9-3-4-11-7-13-9/h3-4,7-8,12H,2,6H2,1H3. The van der Waals surface area contributed by atoms with Crippen LogP contribution < -0.4 is 5.32 Å². The molecule has 68 valence electrons. The second kappa shape index (κ2) is 5.22. The first-order chi connectivity index (χ1) is 6.36. The summed E-state index contributed by atoms with van der Waals surface area (Å²) in [7, 11) is 0. The monoisotopic (exact) mass is 176 g/mol. The molecule has 1 heterocycles. The van der Waals surface area contributed by atoms with Crippen molar-refractivity contribution < 1.29 is 0 Å². The topological polar surface area (TPSA) is 61.6 Å². The zero-order valence-corrected chi connectivity index (χ0v) is 7.57. The van der Waals surface area contributed by atoms with Crippen LogP contribution in [0.15, 0.2) is 18.6 Å². The Labute approximate surface area is 77.6 Å². The third-order valence-corrected chi connectivity index (χ3v) is 1.74. The van der Waals surface area contributed by atoms with Gasteiger partial charge in [-0.25, -0.2) is 9.97 Å². The fourth-order valence-corrected chi connectivity index (χ4v) is 0.932. The van der Waals surface area contributed by atoms with Gasteiger partial charge in [-0.2, -0.15) is 5.26 Å².